The molecule has 0 saturated heterocycles. The van der Waals surface area contributed by atoms with Crippen LogP contribution in [-0.4, -0.2) is 34.6 Å². The molecule has 2 rings (SSSR count). The highest BCUT2D eigenvalue weighted by Crippen LogP contribution is 2.28. The van der Waals surface area contributed by atoms with Crippen molar-refractivity contribution in [2.24, 2.45) is 12.8 Å². The molecule has 1 aromatic heterocycles. The predicted molar refractivity (Wildman–Crippen MR) is 73.9 cm³/mol. The van der Waals surface area contributed by atoms with Crippen LogP contribution in [0.25, 0.3) is 0 Å². The molecule has 1 atom stereocenters. The zero-order valence-corrected chi connectivity index (χ0v) is 11.6. The first-order valence-electron chi connectivity index (χ1n) is 6.31. The number of nitrogens with zero attached hydrogens (tertiary/aromatic N) is 3. The first-order chi connectivity index (χ1) is 9.62. The summed E-state index contributed by atoms with van der Waals surface area (Å²) in [5.41, 5.74) is 6.50. The van der Waals surface area contributed by atoms with Gasteiger partial charge >= 0.3 is 5.97 Å². The minimum Gasteiger partial charge on any atom is -0.468 e. The fourth-order valence-corrected chi connectivity index (χ4v) is 2.30. The van der Waals surface area contributed by atoms with Gasteiger partial charge in [-0.15, -0.1) is 5.10 Å². The van der Waals surface area contributed by atoms with Crippen LogP contribution in [0.3, 0.4) is 0 Å². The Morgan fingerprint density at radius 2 is 2.10 bits per heavy atom. The summed E-state index contributed by atoms with van der Waals surface area (Å²) < 4.78 is 6.56. The van der Waals surface area contributed by atoms with Crippen LogP contribution < -0.4 is 5.73 Å². The van der Waals surface area contributed by atoms with Gasteiger partial charge < -0.3 is 10.5 Å². The zero-order valence-electron chi connectivity index (χ0n) is 11.6. The molecule has 0 amide bonds. The predicted octanol–water partition coefficient (Wildman–Crippen LogP) is 0.427. The quantitative estimate of drug-likeness (QED) is 0.799. The number of aryl methyl sites for hydroxylation is 1. The number of hydrogen-bond donors (Lipinski definition) is 1. The van der Waals surface area contributed by atoms with Gasteiger partial charge in [-0.25, -0.2) is 0 Å². The number of methoxy groups -OCH3 is 1. The van der Waals surface area contributed by atoms with E-state index in [1.165, 1.54) is 7.11 Å². The summed E-state index contributed by atoms with van der Waals surface area (Å²) >= 11 is 0. The molecule has 6 nitrogen and oxygen atoms in total. The Morgan fingerprint density at radius 1 is 1.40 bits per heavy atom. The summed E-state index contributed by atoms with van der Waals surface area (Å²) in [6.07, 6.45) is 2.13. The highest BCUT2D eigenvalue weighted by atomic mass is 16.5. The highest BCUT2D eigenvalue weighted by molar-refractivity contribution is 5.84. The van der Waals surface area contributed by atoms with Gasteiger partial charge in [0.15, 0.2) is 0 Å². The van der Waals surface area contributed by atoms with Gasteiger partial charge in [0.2, 0.25) is 0 Å². The van der Waals surface area contributed by atoms with E-state index in [0.29, 0.717) is 12.1 Å². The van der Waals surface area contributed by atoms with E-state index < -0.39 is 5.41 Å². The Kier molecular flexibility index (Phi) is 4.14. The van der Waals surface area contributed by atoms with E-state index in [2.05, 4.69) is 10.3 Å². The SMILES string of the molecule is COC(=O)C(CN)(Cc1cn(C)nn1)c1ccccc1. The van der Waals surface area contributed by atoms with Crippen molar-refractivity contribution in [2.75, 3.05) is 13.7 Å². The lowest BCUT2D eigenvalue weighted by molar-refractivity contribution is -0.147. The summed E-state index contributed by atoms with van der Waals surface area (Å²) in [5.74, 6) is -0.364. The Balaban J connectivity index is 2.45. The summed E-state index contributed by atoms with van der Waals surface area (Å²) in [6.45, 7) is 0.139. The van der Waals surface area contributed by atoms with Crippen LogP contribution in [0.15, 0.2) is 36.5 Å². The third-order valence-electron chi connectivity index (χ3n) is 3.38. The number of benzene rings is 1. The summed E-state index contributed by atoms with van der Waals surface area (Å²) in [4.78, 5) is 12.3. The number of nitrogens with two attached hydrogens (primary N) is 1. The van der Waals surface area contributed by atoms with Gasteiger partial charge in [-0.3, -0.25) is 9.48 Å². The van der Waals surface area contributed by atoms with E-state index in [0.717, 1.165) is 5.56 Å². The molecule has 106 valence electrons. The first kappa shape index (κ1) is 14.2. The van der Waals surface area contributed by atoms with E-state index in [4.69, 9.17) is 10.5 Å². The molecule has 0 saturated carbocycles. The second-order valence-corrected chi connectivity index (χ2v) is 4.70. The van der Waals surface area contributed by atoms with Crippen molar-refractivity contribution in [1.29, 1.82) is 0 Å². The monoisotopic (exact) mass is 274 g/mol. The minimum atomic E-state index is -0.938. The maximum Gasteiger partial charge on any atom is 0.317 e. The molecule has 2 N–H and O–H groups in total. The molecule has 0 aliphatic rings. The summed E-state index contributed by atoms with van der Waals surface area (Å²) in [7, 11) is 3.15. The molecule has 0 spiro atoms. The van der Waals surface area contributed by atoms with Crippen molar-refractivity contribution in [3.63, 3.8) is 0 Å². The lowest BCUT2D eigenvalue weighted by Gasteiger charge is -2.29. The number of carbonyl (C=O) groups is 1. The molecule has 6 heteroatoms. The van der Waals surface area contributed by atoms with Crippen molar-refractivity contribution in [2.45, 2.75) is 11.8 Å². The minimum absolute atomic E-state index is 0.139. The van der Waals surface area contributed by atoms with Gasteiger partial charge in [0.05, 0.1) is 12.8 Å². The average Bonchev–Trinajstić information content (AvgIpc) is 2.90. The standard InChI is InChI=1S/C14H18N4O2/c1-18-9-12(16-17-18)8-14(10-15,13(19)20-2)11-6-4-3-5-7-11/h3-7,9H,8,10,15H2,1-2H3. The maximum absolute atomic E-state index is 12.3. The topological polar surface area (TPSA) is 83.0 Å². The van der Waals surface area contributed by atoms with Crippen molar-refractivity contribution in [3.8, 4) is 0 Å². The Morgan fingerprint density at radius 3 is 2.60 bits per heavy atom. The third kappa shape index (κ3) is 2.55. The van der Waals surface area contributed by atoms with Crippen LogP contribution >= 0.6 is 0 Å². The summed E-state index contributed by atoms with van der Waals surface area (Å²) in [6, 6.07) is 9.39. The number of ether oxygens (including phenoxy) is 1. The Bertz CT molecular complexity index is 582. The average molecular weight is 274 g/mol. The van der Waals surface area contributed by atoms with E-state index in [1.54, 1.807) is 17.9 Å². The highest BCUT2D eigenvalue weighted by Gasteiger charge is 2.41. The fraction of sp³-hybridized carbons (Fsp3) is 0.357. The van der Waals surface area contributed by atoms with Gasteiger partial charge in [0.1, 0.15) is 5.41 Å². The zero-order chi connectivity index (χ0) is 14.6. The molecular weight excluding hydrogens is 256 g/mol. The Hall–Kier alpha value is -2.21. The van der Waals surface area contributed by atoms with Crippen LogP contribution in [0, 0.1) is 0 Å². The van der Waals surface area contributed by atoms with Crippen molar-refractivity contribution in [3.05, 3.63) is 47.8 Å². The van der Waals surface area contributed by atoms with Gasteiger partial charge in [0.25, 0.3) is 0 Å². The number of aromatic nitrogens is 3. The van der Waals surface area contributed by atoms with Gasteiger partial charge in [-0.1, -0.05) is 35.5 Å². The molecule has 20 heavy (non-hydrogen) atoms. The number of esters is 1. The molecule has 0 aliphatic heterocycles. The number of rotatable bonds is 5. The molecule has 1 unspecified atom stereocenters. The third-order valence-corrected chi connectivity index (χ3v) is 3.38. The van der Waals surface area contributed by atoms with Crippen LogP contribution in [0.2, 0.25) is 0 Å². The van der Waals surface area contributed by atoms with E-state index >= 15 is 0 Å². The van der Waals surface area contributed by atoms with Gasteiger partial charge in [-0.2, -0.15) is 0 Å². The van der Waals surface area contributed by atoms with Crippen molar-refractivity contribution < 1.29 is 9.53 Å². The molecule has 0 fully saturated rings. The molecule has 2 aromatic rings. The smallest absolute Gasteiger partial charge is 0.317 e. The number of carbonyl (C=O) groups excluding carboxylic acids is 1. The maximum atomic E-state index is 12.3. The second-order valence-electron chi connectivity index (χ2n) is 4.70. The molecule has 1 heterocycles. The van der Waals surface area contributed by atoms with E-state index in [9.17, 15) is 4.79 Å². The fourth-order valence-electron chi connectivity index (χ4n) is 2.30. The second kappa shape index (κ2) is 5.83. The largest absolute Gasteiger partial charge is 0.468 e. The Labute approximate surface area is 117 Å². The van der Waals surface area contributed by atoms with E-state index in [-0.39, 0.29) is 12.5 Å². The van der Waals surface area contributed by atoms with Crippen LogP contribution in [0.4, 0.5) is 0 Å². The number of hydrogen-bond acceptors (Lipinski definition) is 5. The van der Waals surface area contributed by atoms with E-state index in [1.807, 2.05) is 30.3 Å². The first-order valence-corrected chi connectivity index (χ1v) is 6.31. The lowest BCUT2D eigenvalue weighted by atomic mass is 9.76. The normalized spacial score (nSPS) is 13.8. The summed E-state index contributed by atoms with van der Waals surface area (Å²) in [5, 5.41) is 7.93. The molecule has 0 aliphatic carbocycles. The van der Waals surface area contributed by atoms with Gasteiger partial charge in [-0.05, 0) is 5.56 Å². The van der Waals surface area contributed by atoms with Gasteiger partial charge in [0, 0.05) is 26.2 Å². The molecule has 0 bridgehead atoms. The van der Waals surface area contributed by atoms with Crippen LogP contribution in [0.1, 0.15) is 11.3 Å². The van der Waals surface area contributed by atoms with Crippen LogP contribution in [0.5, 0.6) is 0 Å². The van der Waals surface area contributed by atoms with Crippen LogP contribution in [-0.2, 0) is 28.4 Å². The van der Waals surface area contributed by atoms with Crippen molar-refractivity contribution >= 4 is 5.97 Å². The lowest BCUT2D eigenvalue weighted by Crippen LogP contribution is -2.45. The molecular formula is C14H18N4O2. The van der Waals surface area contributed by atoms with Crippen molar-refractivity contribution in [1.82, 2.24) is 15.0 Å². The molecule has 1 aromatic carbocycles. The molecule has 0 radical (unpaired) electrons.